The Balaban J connectivity index is 0.000000621. The standard InChI is InChI=1S/2C29H41N2.2Mn/c2*1-18(2)24-13-11-14-25(19(3)4)28(24)30-22(9)17-23(10)31-29-26(20(5)6)15-12-16-27(29)21(7)8;;/h2*11-21H,1-10H3;;/q2*-1;;/b2*22-17-,31-23?;;. The maximum absolute atomic E-state index is 5.08. The van der Waals surface area contributed by atoms with Gasteiger partial charge < -0.3 is 10.6 Å². The molecule has 0 bridgehead atoms. The van der Waals surface area contributed by atoms with Gasteiger partial charge in [0.05, 0.1) is 11.4 Å². The zero-order valence-electron chi connectivity index (χ0n) is 43.2. The van der Waals surface area contributed by atoms with E-state index in [1.165, 1.54) is 44.5 Å². The first-order chi connectivity index (χ1) is 29.0. The van der Waals surface area contributed by atoms with Crippen molar-refractivity contribution >= 4 is 34.2 Å². The van der Waals surface area contributed by atoms with Gasteiger partial charge in [-0.15, -0.1) is 11.4 Å². The van der Waals surface area contributed by atoms with Gasteiger partial charge in [-0.3, -0.25) is 9.98 Å². The van der Waals surface area contributed by atoms with E-state index in [1.54, 1.807) is 0 Å². The molecular formula is C58H82Mn2N4-2. The molecular weight excluding hydrogens is 863 g/mol. The van der Waals surface area contributed by atoms with Gasteiger partial charge in [0.15, 0.2) is 0 Å². The van der Waals surface area contributed by atoms with Crippen LogP contribution in [-0.2, 0) is 34.1 Å². The molecule has 0 amide bonds. The van der Waals surface area contributed by atoms with Crippen LogP contribution in [0.2, 0.25) is 0 Å². The number of aliphatic imine (C=N–C) groups is 2. The molecule has 0 saturated heterocycles. The van der Waals surface area contributed by atoms with Crippen molar-refractivity contribution in [3.8, 4) is 0 Å². The van der Waals surface area contributed by atoms with Crippen molar-refractivity contribution in [1.29, 1.82) is 0 Å². The van der Waals surface area contributed by atoms with Crippen LogP contribution in [0.3, 0.4) is 0 Å². The van der Waals surface area contributed by atoms with Gasteiger partial charge in [-0.05, 0) is 83.4 Å². The summed E-state index contributed by atoms with van der Waals surface area (Å²) in [4.78, 5) is 10.2. The van der Waals surface area contributed by atoms with E-state index >= 15 is 0 Å². The van der Waals surface area contributed by atoms with E-state index in [0.29, 0.717) is 47.3 Å². The Bertz CT molecular complexity index is 1950. The third-order valence-electron chi connectivity index (χ3n) is 11.4. The third-order valence-corrected chi connectivity index (χ3v) is 11.4. The Morgan fingerprint density at radius 3 is 0.719 bits per heavy atom. The van der Waals surface area contributed by atoms with E-state index in [-0.39, 0.29) is 34.1 Å². The summed E-state index contributed by atoms with van der Waals surface area (Å²) < 4.78 is 0. The molecule has 4 aromatic rings. The Labute approximate surface area is 413 Å². The van der Waals surface area contributed by atoms with Crippen LogP contribution < -0.4 is 0 Å². The first kappa shape index (κ1) is 58.4. The van der Waals surface area contributed by atoms with Crippen molar-refractivity contribution in [3.63, 3.8) is 0 Å². The van der Waals surface area contributed by atoms with Crippen molar-refractivity contribution in [2.24, 2.45) is 9.98 Å². The van der Waals surface area contributed by atoms with Crippen molar-refractivity contribution in [1.82, 2.24) is 0 Å². The van der Waals surface area contributed by atoms with Crippen molar-refractivity contribution in [2.45, 2.75) is 186 Å². The summed E-state index contributed by atoms with van der Waals surface area (Å²) in [6, 6.07) is 26.3. The molecule has 0 fully saturated rings. The predicted octanol–water partition coefficient (Wildman–Crippen LogP) is 19.8. The number of allylic oxidation sites excluding steroid dienone is 4. The van der Waals surface area contributed by atoms with E-state index in [1.807, 2.05) is 0 Å². The van der Waals surface area contributed by atoms with Gasteiger partial charge >= 0.3 is 0 Å². The first-order valence-electron chi connectivity index (χ1n) is 23.5. The summed E-state index contributed by atoms with van der Waals surface area (Å²) in [6.45, 7) is 44.1. The molecule has 0 aliphatic heterocycles. The predicted molar refractivity (Wildman–Crippen MR) is 278 cm³/mol. The zero-order chi connectivity index (χ0) is 46.6. The molecule has 0 atom stereocenters. The normalized spacial score (nSPS) is 12.7. The number of rotatable bonds is 16. The summed E-state index contributed by atoms with van der Waals surface area (Å²) in [6.07, 6.45) is 4.23. The minimum atomic E-state index is 0. The molecule has 4 aromatic carbocycles. The van der Waals surface area contributed by atoms with Gasteiger partial charge in [0.1, 0.15) is 0 Å². The van der Waals surface area contributed by atoms with Crippen LogP contribution in [0.1, 0.15) is 230 Å². The number of benzene rings is 4. The van der Waals surface area contributed by atoms with Gasteiger partial charge in [0.2, 0.25) is 0 Å². The van der Waals surface area contributed by atoms with Crippen molar-refractivity contribution in [3.05, 3.63) is 151 Å². The second kappa shape index (κ2) is 27.1. The largest absolute Gasteiger partial charge is 0.661 e. The van der Waals surface area contributed by atoms with Crippen LogP contribution in [-0.4, -0.2) is 11.4 Å². The average molecular weight is 945 g/mol. The van der Waals surface area contributed by atoms with E-state index in [9.17, 15) is 0 Å². The molecule has 0 N–H and O–H groups in total. The van der Waals surface area contributed by atoms with Gasteiger partial charge in [0.25, 0.3) is 0 Å². The van der Waals surface area contributed by atoms with Crippen LogP contribution >= 0.6 is 0 Å². The number of para-hydroxylation sites is 4. The zero-order valence-corrected chi connectivity index (χ0v) is 45.6. The molecule has 0 unspecified atom stereocenters. The van der Waals surface area contributed by atoms with Crippen molar-refractivity contribution in [2.75, 3.05) is 0 Å². The molecule has 0 heterocycles. The van der Waals surface area contributed by atoms with Gasteiger partial charge in [0, 0.05) is 45.6 Å². The molecule has 64 heavy (non-hydrogen) atoms. The maximum Gasteiger partial charge on any atom is 0.0701 e. The molecule has 4 rings (SSSR count). The Morgan fingerprint density at radius 2 is 0.531 bits per heavy atom. The monoisotopic (exact) mass is 945 g/mol. The van der Waals surface area contributed by atoms with Crippen LogP contribution in [0.4, 0.5) is 22.7 Å². The van der Waals surface area contributed by atoms with Gasteiger partial charge in [-0.2, -0.15) is 11.4 Å². The fourth-order valence-corrected chi connectivity index (χ4v) is 8.00. The molecule has 4 nitrogen and oxygen atoms in total. The number of nitrogens with zero attached hydrogens (tertiary/aromatic N) is 4. The van der Waals surface area contributed by atoms with Gasteiger partial charge in [-0.25, -0.2) is 0 Å². The van der Waals surface area contributed by atoms with E-state index in [0.717, 1.165) is 45.6 Å². The first-order valence-corrected chi connectivity index (χ1v) is 23.5. The molecule has 6 heteroatoms. The number of hydrogen-bond acceptors (Lipinski definition) is 2. The third kappa shape index (κ3) is 16.3. The van der Waals surface area contributed by atoms with E-state index in [2.05, 4.69) is 223 Å². The summed E-state index contributed by atoms with van der Waals surface area (Å²) in [7, 11) is 0. The van der Waals surface area contributed by atoms with Gasteiger partial charge in [-0.1, -0.05) is 232 Å². The number of hydrogen-bond donors (Lipinski definition) is 0. The summed E-state index contributed by atoms with van der Waals surface area (Å²) in [5.41, 5.74) is 18.9. The van der Waals surface area contributed by atoms with Crippen molar-refractivity contribution < 1.29 is 34.1 Å². The van der Waals surface area contributed by atoms with E-state index < -0.39 is 0 Å². The smallest absolute Gasteiger partial charge is 0.0701 e. The fourth-order valence-electron chi connectivity index (χ4n) is 8.00. The topological polar surface area (TPSA) is 52.9 Å². The van der Waals surface area contributed by atoms with Crippen LogP contribution in [0.15, 0.2) is 106 Å². The SMILES string of the molecule is CC(/C=C(/C)[N-]c1c(C(C)C)cccc1C(C)C)=Nc1c(C(C)C)cccc1C(C)C.CC(/C=C(/C)[N-]c1c(C(C)C)cccc1C(C)C)=Nc1c(C(C)C)cccc1C(C)C.[Mn].[Mn]. The second-order valence-corrected chi connectivity index (χ2v) is 19.7. The molecule has 0 aliphatic carbocycles. The summed E-state index contributed by atoms with van der Waals surface area (Å²) in [5.74, 6) is 3.49. The van der Waals surface area contributed by atoms with Crippen LogP contribution in [0, 0.1) is 0 Å². The van der Waals surface area contributed by atoms with Crippen LogP contribution in [0.25, 0.3) is 10.6 Å². The Morgan fingerprint density at radius 1 is 0.344 bits per heavy atom. The maximum atomic E-state index is 5.08. The molecule has 0 aliphatic rings. The quantitative estimate of drug-likeness (QED) is 0.0794. The van der Waals surface area contributed by atoms with Crippen LogP contribution in [0.5, 0.6) is 0 Å². The Hall–Kier alpha value is -3.66. The molecule has 0 saturated carbocycles. The minimum absolute atomic E-state index is 0. The summed E-state index contributed by atoms with van der Waals surface area (Å²) in [5, 5.41) is 10.2. The summed E-state index contributed by atoms with van der Waals surface area (Å²) >= 11 is 0. The average Bonchev–Trinajstić information content (AvgIpc) is 3.17. The minimum Gasteiger partial charge on any atom is -0.661 e. The molecule has 0 spiro atoms. The molecule has 2 radical (unpaired) electrons. The second-order valence-electron chi connectivity index (χ2n) is 19.7. The molecule has 0 aromatic heterocycles. The van der Waals surface area contributed by atoms with E-state index in [4.69, 9.17) is 20.6 Å². The fraction of sp³-hybridized carbons (Fsp3) is 0.483. The molecule has 350 valence electrons. The Kier molecular flexibility index (Phi) is 24.7.